The molecule has 0 amide bonds. The van der Waals surface area contributed by atoms with Gasteiger partial charge in [0.15, 0.2) is 0 Å². The van der Waals surface area contributed by atoms with Gasteiger partial charge in [0.05, 0.1) is 5.69 Å². The lowest BCUT2D eigenvalue weighted by Gasteiger charge is -2.16. The van der Waals surface area contributed by atoms with Crippen molar-refractivity contribution in [3.8, 4) is 0 Å². The maximum Gasteiger partial charge on any atom is 0.255 e. The van der Waals surface area contributed by atoms with Crippen LogP contribution in [0.15, 0.2) is 29.1 Å². The molecule has 4 rings (SSSR count). The summed E-state index contributed by atoms with van der Waals surface area (Å²) in [5.74, 6) is 0.549. The molecule has 0 bridgehead atoms. The van der Waals surface area contributed by atoms with Crippen LogP contribution in [0, 0.1) is 0 Å². The number of aryl methyl sites for hydroxylation is 1. The number of nitrogens with zero attached hydrogens (tertiary/aromatic N) is 2. The Balaban J connectivity index is 1.47. The van der Waals surface area contributed by atoms with Crippen LogP contribution in [0.2, 0.25) is 0 Å². The van der Waals surface area contributed by atoms with E-state index in [-0.39, 0.29) is 5.56 Å². The standard InChI is InChI=1S/C19H24N4O/c24-18-16-5-1-2-6-17(16)21-19(22-18)20-15-9-7-14(8-10-15)13-23-11-3-4-12-23/h7-10H,1-6,11-13H2,(H2,20,21,22,24). The van der Waals surface area contributed by atoms with E-state index in [9.17, 15) is 4.79 Å². The Labute approximate surface area is 142 Å². The van der Waals surface area contributed by atoms with Gasteiger partial charge >= 0.3 is 0 Å². The molecular formula is C19H24N4O. The molecule has 126 valence electrons. The maximum absolute atomic E-state index is 12.2. The molecular weight excluding hydrogens is 300 g/mol. The van der Waals surface area contributed by atoms with Gasteiger partial charge in [0.2, 0.25) is 5.95 Å². The molecule has 5 nitrogen and oxygen atoms in total. The van der Waals surface area contributed by atoms with Gasteiger partial charge in [-0.2, -0.15) is 0 Å². The zero-order valence-electron chi connectivity index (χ0n) is 14.0. The lowest BCUT2D eigenvalue weighted by atomic mass is 9.97. The van der Waals surface area contributed by atoms with Crippen molar-refractivity contribution in [3.63, 3.8) is 0 Å². The third-order valence-electron chi connectivity index (χ3n) is 5.01. The van der Waals surface area contributed by atoms with E-state index in [0.717, 1.165) is 49.2 Å². The van der Waals surface area contributed by atoms with E-state index in [1.807, 2.05) is 0 Å². The fraction of sp³-hybridized carbons (Fsp3) is 0.474. The van der Waals surface area contributed by atoms with Crippen molar-refractivity contribution in [3.05, 3.63) is 51.4 Å². The second-order valence-electron chi connectivity index (χ2n) is 6.85. The van der Waals surface area contributed by atoms with Crippen LogP contribution >= 0.6 is 0 Å². The molecule has 2 N–H and O–H groups in total. The van der Waals surface area contributed by atoms with Gasteiger partial charge in [0.25, 0.3) is 5.56 Å². The zero-order chi connectivity index (χ0) is 16.4. The summed E-state index contributed by atoms with van der Waals surface area (Å²) < 4.78 is 0. The van der Waals surface area contributed by atoms with Crippen LogP contribution in [0.25, 0.3) is 0 Å². The van der Waals surface area contributed by atoms with Crippen molar-refractivity contribution in [2.24, 2.45) is 0 Å². The van der Waals surface area contributed by atoms with E-state index in [1.165, 1.54) is 31.5 Å². The van der Waals surface area contributed by atoms with E-state index in [4.69, 9.17) is 0 Å². The molecule has 2 aliphatic rings. The molecule has 2 heterocycles. The summed E-state index contributed by atoms with van der Waals surface area (Å²) in [6, 6.07) is 8.42. The second-order valence-corrected chi connectivity index (χ2v) is 6.85. The highest BCUT2D eigenvalue weighted by atomic mass is 16.1. The molecule has 24 heavy (non-hydrogen) atoms. The van der Waals surface area contributed by atoms with Crippen LogP contribution in [0.3, 0.4) is 0 Å². The van der Waals surface area contributed by atoms with E-state index in [0.29, 0.717) is 5.95 Å². The van der Waals surface area contributed by atoms with Gasteiger partial charge in [0.1, 0.15) is 0 Å². The SMILES string of the molecule is O=c1[nH]c(Nc2ccc(CN3CCCC3)cc2)nc2c1CCCC2. The lowest BCUT2D eigenvalue weighted by molar-refractivity contribution is 0.331. The number of hydrogen-bond donors (Lipinski definition) is 2. The van der Waals surface area contributed by atoms with Gasteiger partial charge in [-0.25, -0.2) is 4.98 Å². The summed E-state index contributed by atoms with van der Waals surface area (Å²) in [6.45, 7) is 3.44. The van der Waals surface area contributed by atoms with Crippen molar-refractivity contribution in [2.45, 2.75) is 45.1 Å². The topological polar surface area (TPSA) is 61.0 Å². The first-order chi connectivity index (χ1) is 11.8. The average molecular weight is 324 g/mol. The van der Waals surface area contributed by atoms with Crippen LogP contribution in [0.4, 0.5) is 11.6 Å². The van der Waals surface area contributed by atoms with Crippen LogP contribution < -0.4 is 10.9 Å². The van der Waals surface area contributed by atoms with Gasteiger partial charge < -0.3 is 5.32 Å². The number of anilines is 2. The number of likely N-dealkylation sites (tertiary alicyclic amines) is 1. The van der Waals surface area contributed by atoms with Crippen molar-refractivity contribution in [1.82, 2.24) is 14.9 Å². The molecule has 0 saturated carbocycles. The van der Waals surface area contributed by atoms with Gasteiger partial charge in [-0.1, -0.05) is 12.1 Å². The third kappa shape index (κ3) is 3.36. The van der Waals surface area contributed by atoms with Crippen LogP contribution in [-0.2, 0) is 19.4 Å². The summed E-state index contributed by atoms with van der Waals surface area (Å²) in [5.41, 5.74) is 4.12. The highest BCUT2D eigenvalue weighted by Crippen LogP contribution is 2.20. The fourth-order valence-corrected chi connectivity index (χ4v) is 3.69. The van der Waals surface area contributed by atoms with Gasteiger partial charge in [0, 0.05) is 17.8 Å². The number of hydrogen-bond acceptors (Lipinski definition) is 4. The molecule has 0 radical (unpaired) electrons. The van der Waals surface area contributed by atoms with Crippen LogP contribution in [-0.4, -0.2) is 28.0 Å². The smallest absolute Gasteiger partial charge is 0.255 e. The van der Waals surface area contributed by atoms with Crippen LogP contribution in [0.1, 0.15) is 42.5 Å². The Bertz CT molecular complexity index is 760. The number of H-pyrrole nitrogens is 1. The first-order valence-electron chi connectivity index (χ1n) is 8.98. The van der Waals surface area contributed by atoms with E-state index in [1.54, 1.807) is 0 Å². The van der Waals surface area contributed by atoms with Gasteiger partial charge in [-0.05, 0) is 69.3 Å². The molecule has 1 aliphatic heterocycles. The Kier molecular flexibility index (Phi) is 4.34. The first kappa shape index (κ1) is 15.4. The van der Waals surface area contributed by atoms with E-state index in [2.05, 4.69) is 44.5 Å². The average Bonchev–Trinajstić information content (AvgIpc) is 3.10. The summed E-state index contributed by atoms with van der Waals surface area (Å²) in [5, 5.41) is 3.24. The molecule has 0 unspecified atom stereocenters. The molecule has 1 aromatic carbocycles. The van der Waals surface area contributed by atoms with Gasteiger partial charge in [-0.3, -0.25) is 14.7 Å². The number of benzene rings is 1. The molecule has 2 aromatic rings. The summed E-state index contributed by atoms with van der Waals surface area (Å²) in [4.78, 5) is 22.1. The molecule has 5 heteroatoms. The Morgan fingerprint density at radius 3 is 2.58 bits per heavy atom. The molecule has 1 fully saturated rings. The normalized spacial score (nSPS) is 17.7. The zero-order valence-corrected chi connectivity index (χ0v) is 14.0. The van der Waals surface area contributed by atoms with E-state index >= 15 is 0 Å². The predicted octanol–water partition coefficient (Wildman–Crippen LogP) is 2.99. The highest BCUT2D eigenvalue weighted by Gasteiger charge is 2.15. The van der Waals surface area contributed by atoms with Crippen molar-refractivity contribution >= 4 is 11.6 Å². The predicted molar refractivity (Wildman–Crippen MR) is 95.7 cm³/mol. The monoisotopic (exact) mass is 324 g/mol. The summed E-state index contributed by atoms with van der Waals surface area (Å²) in [7, 11) is 0. The largest absolute Gasteiger partial charge is 0.326 e. The third-order valence-corrected chi connectivity index (χ3v) is 5.01. The fourth-order valence-electron chi connectivity index (χ4n) is 3.69. The number of nitrogens with one attached hydrogen (secondary N) is 2. The second kappa shape index (κ2) is 6.77. The Morgan fingerprint density at radius 1 is 1.04 bits per heavy atom. The van der Waals surface area contributed by atoms with Crippen molar-refractivity contribution < 1.29 is 0 Å². The number of rotatable bonds is 4. The van der Waals surface area contributed by atoms with Crippen molar-refractivity contribution in [2.75, 3.05) is 18.4 Å². The number of aromatic nitrogens is 2. The Hall–Kier alpha value is -2.14. The Morgan fingerprint density at radius 2 is 1.79 bits per heavy atom. The molecule has 1 aliphatic carbocycles. The first-order valence-corrected chi connectivity index (χ1v) is 8.98. The molecule has 1 saturated heterocycles. The minimum absolute atomic E-state index is 0.00727. The minimum atomic E-state index is 0.00727. The summed E-state index contributed by atoms with van der Waals surface area (Å²) >= 11 is 0. The maximum atomic E-state index is 12.2. The quantitative estimate of drug-likeness (QED) is 0.908. The van der Waals surface area contributed by atoms with Gasteiger partial charge in [-0.15, -0.1) is 0 Å². The summed E-state index contributed by atoms with van der Waals surface area (Å²) in [6.07, 6.45) is 6.59. The van der Waals surface area contributed by atoms with E-state index < -0.39 is 0 Å². The molecule has 1 aromatic heterocycles. The number of fused-ring (bicyclic) bond motifs is 1. The van der Waals surface area contributed by atoms with Crippen molar-refractivity contribution in [1.29, 1.82) is 0 Å². The molecule has 0 spiro atoms. The number of aromatic amines is 1. The van der Waals surface area contributed by atoms with Crippen LogP contribution in [0.5, 0.6) is 0 Å². The highest BCUT2D eigenvalue weighted by molar-refractivity contribution is 5.54. The minimum Gasteiger partial charge on any atom is -0.326 e. The molecule has 0 atom stereocenters. The lowest BCUT2D eigenvalue weighted by Crippen LogP contribution is -2.22.